The molecule has 1 aromatic carbocycles. The van der Waals surface area contributed by atoms with E-state index in [9.17, 15) is 9.59 Å². The Labute approximate surface area is 130 Å². The molecule has 0 bridgehead atoms. The highest BCUT2D eigenvalue weighted by Crippen LogP contribution is 2.26. The number of nitrogens with one attached hydrogen (secondary N) is 1. The molecule has 4 N–H and O–H groups in total. The maximum atomic E-state index is 12.3. The maximum absolute atomic E-state index is 12.3. The first kappa shape index (κ1) is 14.3. The van der Waals surface area contributed by atoms with Gasteiger partial charge in [0.05, 0.1) is 23.6 Å². The highest BCUT2D eigenvalue weighted by atomic mass is 32.1. The number of rotatable bonds is 2. The van der Waals surface area contributed by atoms with Crippen LogP contribution in [0.2, 0.25) is 0 Å². The molecule has 1 aliphatic rings. The molecule has 22 heavy (non-hydrogen) atoms. The molecule has 7 nitrogen and oxygen atoms in total. The molecule has 3 rings (SSSR count). The number of thiazole rings is 1. The van der Waals surface area contributed by atoms with Crippen LogP contribution < -0.4 is 11.1 Å². The van der Waals surface area contributed by atoms with E-state index in [2.05, 4.69) is 10.3 Å². The molecule has 8 heteroatoms. The number of carbonyl (C=O) groups is 2. The fourth-order valence-corrected chi connectivity index (χ4v) is 3.26. The van der Waals surface area contributed by atoms with Crippen molar-refractivity contribution in [3.63, 3.8) is 0 Å². The van der Waals surface area contributed by atoms with Crippen molar-refractivity contribution >= 4 is 34.7 Å². The van der Waals surface area contributed by atoms with E-state index in [1.54, 1.807) is 24.3 Å². The van der Waals surface area contributed by atoms with Crippen molar-refractivity contribution in [2.75, 3.05) is 17.6 Å². The average Bonchev–Trinajstić information content (AvgIpc) is 2.92. The highest BCUT2D eigenvalue weighted by Gasteiger charge is 2.25. The summed E-state index contributed by atoms with van der Waals surface area (Å²) in [6.07, 6.45) is -0.430. The second-order valence-electron chi connectivity index (χ2n) is 4.88. The Morgan fingerprint density at radius 3 is 2.86 bits per heavy atom. The lowest BCUT2D eigenvalue weighted by molar-refractivity contribution is 0.102. The summed E-state index contributed by atoms with van der Waals surface area (Å²) in [5.41, 5.74) is 7.61. The molecule has 1 aromatic heterocycles. The van der Waals surface area contributed by atoms with Gasteiger partial charge >= 0.3 is 6.09 Å². The summed E-state index contributed by atoms with van der Waals surface area (Å²) in [7, 11) is 0. The molecule has 0 saturated carbocycles. The molecule has 1 aliphatic heterocycles. The van der Waals surface area contributed by atoms with Crippen LogP contribution in [-0.2, 0) is 13.0 Å². The molecule has 2 heterocycles. The predicted molar refractivity (Wildman–Crippen MR) is 83.1 cm³/mol. The number of aromatic nitrogens is 1. The van der Waals surface area contributed by atoms with E-state index >= 15 is 0 Å². The summed E-state index contributed by atoms with van der Waals surface area (Å²) >= 11 is 1.22. The van der Waals surface area contributed by atoms with Crippen LogP contribution in [0.3, 0.4) is 0 Å². The normalized spacial score (nSPS) is 13.5. The van der Waals surface area contributed by atoms with Crippen LogP contribution in [0.15, 0.2) is 24.3 Å². The number of para-hydroxylation sites is 2. The topological polar surface area (TPSA) is 109 Å². The van der Waals surface area contributed by atoms with Crippen LogP contribution in [0.1, 0.15) is 20.4 Å². The molecule has 0 radical (unpaired) electrons. The quantitative estimate of drug-likeness (QED) is 0.734. The zero-order valence-corrected chi connectivity index (χ0v) is 12.4. The van der Waals surface area contributed by atoms with Crippen LogP contribution in [0.4, 0.5) is 16.2 Å². The largest absolute Gasteiger partial charge is 0.465 e. The first-order chi connectivity index (χ1) is 10.5. The number of benzene rings is 1. The van der Waals surface area contributed by atoms with Gasteiger partial charge in [-0.15, -0.1) is 11.3 Å². The first-order valence-electron chi connectivity index (χ1n) is 6.67. The van der Waals surface area contributed by atoms with Crippen molar-refractivity contribution in [1.29, 1.82) is 0 Å². The summed E-state index contributed by atoms with van der Waals surface area (Å²) in [5, 5.41) is 12.1. The van der Waals surface area contributed by atoms with Gasteiger partial charge in [-0.2, -0.15) is 0 Å². The Bertz CT molecular complexity index is 743. The lowest BCUT2D eigenvalue weighted by atomic mass is 10.2. The number of nitrogen functional groups attached to an aromatic ring is 1. The molecule has 0 unspecified atom stereocenters. The van der Waals surface area contributed by atoms with Crippen LogP contribution >= 0.6 is 11.3 Å². The first-order valence-corrected chi connectivity index (χ1v) is 7.48. The number of nitrogens with two attached hydrogens (primary N) is 1. The third kappa shape index (κ3) is 2.73. The Kier molecular flexibility index (Phi) is 3.68. The van der Waals surface area contributed by atoms with Gasteiger partial charge in [-0.3, -0.25) is 4.79 Å². The van der Waals surface area contributed by atoms with Gasteiger partial charge in [-0.25, -0.2) is 9.78 Å². The SMILES string of the molecule is Nc1ccccc1NC(=O)c1nc2c(s1)CN(C(=O)O)CC2. The Morgan fingerprint density at radius 1 is 1.36 bits per heavy atom. The Morgan fingerprint density at radius 2 is 2.14 bits per heavy atom. The van der Waals surface area contributed by atoms with Crippen LogP contribution in [0, 0.1) is 0 Å². The minimum absolute atomic E-state index is 0.281. The van der Waals surface area contributed by atoms with E-state index < -0.39 is 6.09 Å². The summed E-state index contributed by atoms with van der Waals surface area (Å²) < 4.78 is 0. The van der Waals surface area contributed by atoms with E-state index in [4.69, 9.17) is 10.8 Å². The summed E-state index contributed by atoms with van der Waals surface area (Å²) in [5.74, 6) is -0.334. The summed E-state index contributed by atoms with van der Waals surface area (Å²) in [6, 6.07) is 6.98. The lowest BCUT2D eigenvalue weighted by Gasteiger charge is -2.22. The maximum Gasteiger partial charge on any atom is 0.407 e. The Balaban J connectivity index is 1.78. The van der Waals surface area contributed by atoms with Gasteiger partial charge in [0.2, 0.25) is 0 Å². The van der Waals surface area contributed by atoms with Crippen LogP contribution in [-0.4, -0.2) is 33.5 Å². The number of nitrogens with zero attached hydrogens (tertiary/aromatic N) is 2. The number of anilines is 2. The van der Waals surface area contributed by atoms with Gasteiger partial charge in [0.25, 0.3) is 5.91 Å². The van der Waals surface area contributed by atoms with Crippen molar-refractivity contribution in [2.45, 2.75) is 13.0 Å². The van der Waals surface area contributed by atoms with Gasteiger partial charge in [0.1, 0.15) is 0 Å². The van der Waals surface area contributed by atoms with Crippen molar-refractivity contribution < 1.29 is 14.7 Å². The second kappa shape index (κ2) is 5.64. The molecule has 0 atom stereocenters. The minimum Gasteiger partial charge on any atom is -0.465 e. The number of hydrogen-bond acceptors (Lipinski definition) is 5. The molecular formula is C14H14N4O3S. The van der Waals surface area contributed by atoms with E-state index in [-0.39, 0.29) is 12.5 Å². The van der Waals surface area contributed by atoms with Gasteiger partial charge in [-0.05, 0) is 12.1 Å². The van der Waals surface area contributed by atoms with Crippen molar-refractivity contribution in [1.82, 2.24) is 9.88 Å². The average molecular weight is 318 g/mol. The van der Waals surface area contributed by atoms with Crippen molar-refractivity contribution in [2.24, 2.45) is 0 Å². The second-order valence-corrected chi connectivity index (χ2v) is 5.97. The van der Waals surface area contributed by atoms with Crippen LogP contribution in [0.25, 0.3) is 0 Å². The number of carbonyl (C=O) groups excluding carboxylic acids is 1. The van der Waals surface area contributed by atoms with E-state index in [1.807, 2.05) is 0 Å². The molecule has 2 aromatic rings. The molecule has 0 fully saturated rings. The third-order valence-corrected chi connectivity index (χ3v) is 4.49. The zero-order chi connectivity index (χ0) is 15.7. The number of fused-ring (bicyclic) bond motifs is 1. The van der Waals surface area contributed by atoms with Gasteiger partial charge < -0.3 is 21.1 Å². The van der Waals surface area contributed by atoms with Crippen molar-refractivity contribution in [3.05, 3.63) is 39.8 Å². The minimum atomic E-state index is -0.956. The zero-order valence-electron chi connectivity index (χ0n) is 11.6. The molecular weight excluding hydrogens is 304 g/mol. The number of carboxylic acid groups (broad SMARTS) is 1. The lowest BCUT2D eigenvalue weighted by Crippen LogP contribution is -2.34. The fourth-order valence-electron chi connectivity index (χ4n) is 2.24. The smallest absolute Gasteiger partial charge is 0.407 e. The van der Waals surface area contributed by atoms with Gasteiger partial charge in [0, 0.05) is 17.8 Å². The number of amides is 2. The van der Waals surface area contributed by atoms with Gasteiger partial charge in [0.15, 0.2) is 5.01 Å². The monoisotopic (exact) mass is 318 g/mol. The van der Waals surface area contributed by atoms with Crippen LogP contribution in [0.5, 0.6) is 0 Å². The Hall–Kier alpha value is -2.61. The van der Waals surface area contributed by atoms with E-state index in [0.717, 1.165) is 10.6 Å². The molecule has 2 amide bonds. The fraction of sp³-hybridized carbons (Fsp3) is 0.214. The third-order valence-electron chi connectivity index (χ3n) is 3.40. The molecule has 114 valence electrons. The van der Waals surface area contributed by atoms with Gasteiger partial charge in [-0.1, -0.05) is 12.1 Å². The van der Waals surface area contributed by atoms with E-state index in [0.29, 0.717) is 29.3 Å². The summed E-state index contributed by atoms with van der Waals surface area (Å²) in [6.45, 7) is 0.682. The molecule has 0 aliphatic carbocycles. The number of hydrogen-bond donors (Lipinski definition) is 3. The highest BCUT2D eigenvalue weighted by molar-refractivity contribution is 7.13. The summed E-state index contributed by atoms with van der Waals surface area (Å²) in [4.78, 5) is 29.7. The predicted octanol–water partition coefficient (Wildman–Crippen LogP) is 2.01. The molecule has 0 spiro atoms. The standard InChI is InChI=1S/C14H14N4O3S/c15-8-3-1-2-4-9(8)16-12(19)13-17-10-5-6-18(14(20)21)7-11(10)22-13/h1-4H,5-7,15H2,(H,16,19)(H,20,21). The van der Waals surface area contributed by atoms with E-state index in [1.165, 1.54) is 16.2 Å². The van der Waals surface area contributed by atoms with Crippen molar-refractivity contribution in [3.8, 4) is 0 Å². The molecule has 0 saturated heterocycles.